The molecular formula is C26H21F2NO4. The monoisotopic (exact) mass is 449 g/mol. The number of pyridine rings is 1. The van der Waals surface area contributed by atoms with Gasteiger partial charge in [-0.15, -0.1) is 0 Å². The number of rotatable bonds is 9. The third-order valence-corrected chi connectivity index (χ3v) is 4.78. The maximum atomic E-state index is 13.6. The summed E-state index contributed by atoms with van der Waals surface area (Å²) in [4.78, 5) is 26.6. The molecule has 0 aliphatic rings. The van der Waals surface area contributed by atoms with E-state index in [2.05, 4.69) is 4.98 Å². The van der Waals surface area contributed by atoms with Gasteiger partial charge in [0.25, 0.3) is 0 Å². The number of halogens is 2. The minimum atomic E-state index is -1.26. The first-order valence-corrected chi connectivity index (χ1v) is 10.1. The number of carbonyl (C=O) groups excluding carboxylic acids is 1. The molecule has 0 aliphatic carbocycles. The normalized spacial score (nSPS) is 11.8. The number of carboxylic acids is 1. The highest BCUT2D eigenvalue weighted by Gasteiger charge is 2.15. The summed E-state index contributed by atoms with van der Waals surface area (Å²) in [6.07, 6.45) is 3.94. The van der Waals surface area contributed by atoms with Crippen LogP contribution in [0.4, 0.5) is 8.78 Å². The Morgan fingerprint density at radius 3 is 1.97 bits per heavy atom. The number of aromatic nitrogens is 1. The lowest BCUT2D eigenvalue weighted by Crippen LogP contribution is -2.14. The molecule has 5 nitrogen and oxygen atoms in total. The lowest BCUT2D eigenvalue weighted by atomic mass is 9.89. The van der Waals surface area contributed by atoms with Crippen LogP contribution in [0.3, 0.4) is 0 Å². The van der Waals surface area contributed by atoms with Crippen LogP contribution in [0.5, 0.6) is 0 Å². The van der Waals surface area contributed by atoms with E-state index < -0.39 is 35.9 Å². The fraction of sp³-hybridized carbons (Fsp3) is 0.115. The highest BCUT2D eigenvalue weighted by molar-refractivity contribution is 6.02. The first-order chi connectivity index (χ1) is 15.8. The first-order valence-electron chi connectivity index (χ1n) is 10.1. The van der Waals surface area contributed by atoms with Crippen LogP contribution >= 0.6 is 0 Å². The van der Waals surface area contributed by atoms with Gasteiger partial charge in [-0.3, -0.25) is 14.6 Å². The van der Waals surface area contributed by atoms with Crippen LogP contribution in [0.15, 0.2) is 85.2 Å². The van der Waals surface area contributed by atoms with Gasteiger partial charge in [0.15, 0.2) is 0 Å². The van der Waals surface area contributed by atoms with Crippen LogP contribution in [0, 0.1) is 11.6 Å². The minimum absolute atomic E-state index is 0.356. The van der Waals surface area contributed by atoms with Crippen LogP contribution in [0.25, 0.3) is 11.1 Å². The predicted octanol–water partition coefficient (Wildman–Crippen LogP) is 4.67. The quantitative estimate of drug-likeness (QED) is 0.366. The van der Waals surface area contributed by atoms with E-state index in [0.717, 1.165) is 0 Å². The Balaban J connectivity index is 2.13. The highest BCUT2D eigenvalue weighted by atomic mass is 19.1. The number of nitrogens with zero attached hydrogens (tertiary/aromatic N) is 1. The molecule has 33 heavy (non-hydrogen) atoms. The highest BCUT2D eigenvalue weighted by Crippen LogP contribution is 2.33. The number of carbonyl (C=O) groups is 2. The van der Waals surface area contributed by atoms with E-state index in [-0.39, 0.29) is 6.42 Å². The van der Waals surface area contributed by atoms with Gasteiger partial charge in [-0.25, -0.2) is 8.78 Å². The second-order valence-electron chi connectivity index (χ2n) is 7.28. The fourth-order valence-electron chi connectivity index (χ4n) is 3.31. The lowest BCUT2D eigenvalue weighted by molar-refractivity contribution is -0.140. The molecule has 7 heteroatoms. The van der Waals surface area contributed by atoms with E-state index in [0.29, 0.717) is 27.8 Å². The molecule has 0 spiro atoms. The number of benzene rings is 2. The predicted molar refractivity (Wildman–Crippen MR) is 120 cm³/mol. The Hall–Kier alpha value is -3.97. The zero-order valence-corrected chi connectivity index (χ0v) is 17.5. The van der Waals surface area contributed by atoms with Crippen molar-refractivity contribution in [2.24, 2.45) is 0 Å². The maximum absolute atomic E-state index is 13.6. The molecule has 0 amide bonds. The Morgan fingerprint density at radius 1 is 0.909 bits per heavy atom. The van der Waals surface area contributed by atoms with Crippen LogP contribution in [-0.2, 0) is 9.59 Å². The standard InChI is InChI=1S/C26H21F2NO4/c27-20-7-3-17(4-8-20)26(18-5-9-21(28)10-6-18)24(19-2-1-13-29-16-19)12-11-22(30)14-23(31)15-25(32)33/h1-13,16,22,30H,14-15H2,(H,32,33). The van der Waals surface area contributed by atoms with Gasteiger partial charge >= 0.3 is 5.97 Å². The third kappa shape index (κ3) is 6.75. The molecule has 0 bridgehead atoms. The molecule has 0 fully saturated rings. The summed E-state index contributed by atoms with van der Waals surface area (Å²) in [5.74, 6) is -2.70. The van der Waals surface area contributed by atoms with Crippen molar-refractivity contribution in [1.82, 2.24) is 4.98 Å². The minimum Gasteiger partial charge on any atom is -0.481 e. The number of hydrogen-bond donors (Lipinski definition) is 2. The molecule has 3 aromatic rings. The molecule has 3 rings (SSSR count). The van der Waals surface area contributed by atoms with Gasteiger partial charge in [0.05, 0.1) is 6.10 Å². The molecule has 0 radical (unpaired) electrons. The van der Waals surface area contributed by atoms with Crippen LogP contribution < -0.4 is 0 Å². The Morgan fingerprint density at radius 2 is 1.48 bits per heavy atom. The molecule has 1 atom stereocenters. The summed E-state index contributed by atoms with van der Waals surface area (Å²) in [6, 6.07) is 15.1. The average Bonchev–Trinajstić information content (AvgIpc) is 2.78. The van der Waals surface area contributed by atoms with E-state index in [1.54, 1.807) is 54.9 Å². The van der Waals surface area contributed by atoms with Gasteiger partial charge < -0.3 is 10.2 Å². The first kappa shape index (κ1) is 23.7. The van der Waals surface area contributed by atoms with Crippen LogP contribution in [0.1, 0.15) is 29.5 Å². The average molecular weight is 449 g/mol. The van der Waals surface area contributed by atoms with Crippen molar-refractivity contribution in [3.63, 3.8) is 0 Å². The second-order valence-corrected chi connectivity index (χ2v) is 7.28. The number of aliphatic carboxylic acids is 1. The zero-order valence-electron chi connectivity index (χ0n) is 17.5. The van der Waals surface area contributed by atoms with E-state index in [1.807, 2.05) is 0 Å². The van der Waals surface area contributed by atoms with E-state index >= 15 is 0 Å². The van der Waals surface area contributed by atoms with Crippen molar-refractivity contribution in [1.29, 1.82) is 0 Å². The number of aliphatic hydroxyl groups excluding tert-OH is 1. The molecule has 168 valence electrons. The number of ketones is 1. The summed E-state index contributed by atoms with van der Waals surface area (Å²) in [7, 11) is 0. The fourth-order valence-corrected chi connectivity index (χ4v) is 3.31. The maximum Gasteiger partial charge on any atom is 0.310 e. The molecule has 0 aliphatic heterocycles. The summed E-state index contributed by atoms with van der Waals surface area (Å²) in [5, 5.41) is 19.0. The zero-order chi connectivity index (χ0) is 23.8. The molecular weight excluding hydrogens is 428 g/mol. The van der Waals surface area contributed by atoms with Crippen molar-refractivity contribution >= 4 is 22.9 Å². The summed E-state index contributed by atoms with van der Waals surface area (Å²) >= 11 is 0. The van der Waals surface area contributed by atoms with Gasteiger partial charge in [0, 0.05) is 24.4 Å². The third-order valence-electron chi connectivity index (χ3n) is 4.78. The molecule has 2 aromatic carbocycles. The van der Waals surface area contributed by atoms with Crippen LogP contribution in [-0.4, -0.2) is 33.1 Å². The van der Waals surface area contributed by atoms with Gasteiger partial charge in [-0.05, 0) is 52.6 Å². The largest absolute Gasteiger partial charge is 0.481 e. The number of aliphatic hydroxyl groups is 1. The number of allylic oxidation sites excluding steroid dienone is 2. The molecule has 2 N–H and O–H groups in total. The van der Waals surface area contributed by atoms with E-state index in [1.165, 1.54) is 30.3 Å². The smallest absolute Gasteiger partial charge is 0.310 e. The Kier molecular flexibility index (Phi) is 7.94. The SMILES string of the molecule is O=C(O)CC(=O)CC(O)C=CC(=C(c1ccc(F)cc1)c1ccc(F)cc1)c1cccnc1. The van der Waals surface area contributed by atoms with Crippen molar-refractivity contribution in [2.45, 2.75) is 18.9 Å². The van der Waals surface area contributed by atoms with E-state index in [9.17, 15) is 23.5 Å². The van der Waals surface area contributed by atoms with Crippen molar-refractivity contribution in [3.8, 4) is 0 Å². The molecule has 0 saturated heterocycles. The van der Waals surface area contributed by atoms with Crippen molar-refractivity contribution < 1.29 is 28.6 Å². The second kappa shape index (κ2) is 11.1. The molecule has 1 unspecified atom stereocenters. The van der Waals surface area contributed by atoms with Gasteiger partial charge in [0.2, 0.25) is 0 Å². The molecule has 1 aromatic heterocycles. The Bertz CT molecular complexity index is 1120. The van der Waals surface area contributed by atoms with Crippen LogP contribution in [0.2, 0.25) is 0 Å². The van der Waals surface area contributed by atoms with E-state index in [4.69, 9.17) is 5.11 Å². The number of carboxylic acid groups (broad SMARTS) is 1. The number of Topliss-reactive ketones (excluding diaryl/α,β-unsaturated/α-hetero) is 1. The van der Waals surface area contributed by atoms with Gasteiger partial charge in [-0.2, -0.15) is 0 Å². The van der Waals surface area contributed by atoms with Crippen molar-refractivity contribution in [3.05, 3.63) is 114 Å². The molecule has 0 saturated carbocycles. The molecule has 1 heterocycles. The van der Waals surface area contributed by atoms with Crippen molar-refractivity contribution in [2.75, 3.05) is 0 Å². The topological polar surface area (TPSA) is 87.5 Å². The lowest BCUT2D eigenvalue weighted by Gasteiger charge is -2.15. The summed E-state index contributed by atoms with van der Waals surface area (Å²) in [5.41, 5.74) is 3.17. The number of hydrogen-bond acceptors (Lipinski definition) is 4. The van der Waals surface area contributed by atoms with Gasteiger partial charge in [0.1, 0.15) is 23.8 Å². The Labute approximate surface area is 189 Å². The summed E-state index contributed by atoms with van der Waals surface area (Å²) in [6.45, 7) is 0. The van der Waals surface area contributed by atoms with Gasteiger partial charge in [-0.1, -0.05) is 42.5 Å². The summed E-state index contributed by atoms with van der Waals surface area (Å²) < 4.78 is 27.2.